The number of benzene rings is 1. The molecule has 0 aliphatic carbocycles. The first kappa shape index (κ1) is 25.2. The third-order valence-corrected chi connectivity index (χ3v) is 6.72. The summed E-state index contributed by atoms with van der Waals surface area (Å²) in [6.45, 7) is 6.61. The van der Waals surface area contributed by atoms with E-state index in [9.17, 15) is 5.11 Å². The smallest absolute Gasteiger partial charge is 0.193 e. The Hall–Kier alpha value is -2.50. The van der Waals surface area contributed by atoms with Crippen LogP contribution in [0, 0.1) is 11.6 Å². The van der Waals surface area contributed by atoms with Crippen molar-refractivity contribution in [3.05, 3.63) is 40.9 Å². The highest BCUT2D eigenvalue weighted by atomic mass is 35.5. The Morgan fingerprint density at radius 2 is 1.75 bits per heavy atom. The van der Waals surface area contributed by atoms with E-state index in [1.54, 1.807) is 12.1 Å². The highest BCUT2D eigenvalue weighted by Gasteiger charge is 2.48. The van der Waals surface area contributed by atoms with E-state index in [0.29, 0.717) is 48.9 Å². The SMILES string of the molecule is CC.O[C@@H]1COC2[C@H](Oc3cc4nc(-c5c(F)cc(N6CCOCC6)cc5F)c(Cl)cc4[nH]3)CO[C@@H]21. The number of rotatable bonds is 4. The van der Waals surface area contributed by atoms with Crippen LogP contribution in [-0.2, 0) is 14.2 Å². The average Bonchev–Trinajstić information content (AvgIpc) is 3.57. The van der Waals surface area contributed by atoms with E-state index in [0.717, 1.165) is 0 Å². The molecule has 6 rings (SSSR count). The van der Waals surface area contributed by atoms with Crippen LogP contribution >= 0.6 is 11.6 Å². The Bertz CT molecular complexity index is 1210. The van der Waals surface area contributed by atoms with Gasteiger partial charge in [-0.05, 0) is 18.2 Å². The van der Waals surface area contributed by atoms with E-state index in [1.807, 2.05) is 18.7 Å². The fourth-order valence-corrected chi connectivity index (χ4v) is 4.99. The van der Waals surface area contributed by atoms with Gasteiger partial charge in [-0.25, -0.2) is 13.8 Å². The summed E-state index contributed by atoms with van der Waals surface area (Å²) in [5.41, 5.74) is 1.17. The third-order valence-electron chi connectivity index (χ3n) is 6.43. The maximum Gasteiger partial charge on any atom is 0.193 e. The molecule has 3 aliphatic heterocycles. The number of aliphatic hydroxyl groups is 1. The summed E-state index contributed by atoms with van der Waals surface area (Å²) in [6.07, 6.45) is -1.88. The van der Waals surface area contributed by atoms with Crippen LogP contribution in [-0.4, -0.2) is 79.0 Å². The second kappa shape index (κ2) is 10.5. The maximum atomic E-state index is 15.1. The Kier molecular flexibility index (Phi) is 7.32. The van der Waals surface area contributed by atoms with Crippen LogP contribution in [0.3, 0.4) is 0 Å². The van der Waals surface area contributed by atoms with Gasteiger partial charge >= 0.3 is 0 Å². The first-order chi connectivity index (χ1) is 17.5. The molecule has 5 heterocycles. The van der Waals surface area contributed by atoms with E-state index in [2.05, 4.69) is 9.97 Å². The molecule has 4 atom stereocenters. The predicted octanol–water partition coefficient (Wildman–Crippen LogP) is 3.93. The minimum atomic E-state index is -0.742. The van der Waals surface area contributed by atoms with Gasteiger partial charge in [0.1, 0.15) is 29.9 Å². The number of pyridine rings is 1. The molecule has 3 fully saturated rings. The van der Waals surface area contributed by atoms with E-state index in [1.165, 1.54) is 12.1 Å². The molecule has 3 aromatic rings. The number of nitrogens with zero attached hydrogens (tertiary/aromatic N) is 2. The predicted molar refractivity (Wildman–Crippen MR) is 131 cm³/mol. The molecule has 0 spiro atoms. The van der Waals surface area contributed by atoms with Crippen molar-refractivity contribution < 1.29 is 32.8 Å². The van der Waals surface area contributed by atoms with Crippen molar-refractivity contribution in [1.29, 1.82) is 0 Å². The molecule has 0 saturated carbocycles. The van der Waals surface area contributed by atoms with E-state index in [4.69, 9.17) is 30.5 Å². The number of hydrogen-bond acceptors (Lipinski definition) is 7. The Morgan fingerprint density at radius 3 is 2.47 bits per heavy atom. The number of fused-ring (bicyclic) bond motifs is 2. The molecule has 3 aliphatic rings. The fraction of sp³-hybridized carbons (Fsp3) is 0.480. The molecule has 0 radical (unpaired) electrons. The first-order valence-corrected chi connectivity index (χ1v) is 12.4. The summed E-state index contributed by atoms with van der Waals surface area (Å²) >= 11 is 6.39. The van der Waals surface area contributed by atoms with Crippen molar-refractivity contribution in [3.8, 4) is 17.1 Å². The molecule has 1 unspecified atom stereocenters. The van der Waals surface area contributed by atoms with E-state index in [-0.39, 0.29) is 35.6 Å². The number of H-pyrrole nitrogens is 1. The Labute approximate surface area is 212 Å². The number of halogens is 3. The summed E-state index contributed by atoms with van der Waals surface area (Å²) in [7, 11) is 0. The number of morpholine rings is 1. The molecule has 2 N–H and O–H groups in total. The second-order valence-corrected chi connectivity index (χ2v) is 9.00. The Morgan fingerprint density at radius 1 is 1.06 bits per heavy atom. The van der Waals surface area contributed by atoms with Gasteiger partial charge in [-0.1, -0.05) is 25.4 Å². The molecule has 1 aromatic carbocycles. The van der Waals surface area contributed by atoms with Gasteiger partial charge in [0.25, 0.3) is 0 Å². The number of ether oxygens (including phenoxy) is 4. The lowest BCUT2D eigenvalue weighted by Gasteiger charge is -2.29. The Balaban J connectivity index is 0.00000130. The van der Waals surface area contributed by atoms with Crippen LogP contribution in [0.5, 0.6) is 5.88 Å². The van der Waals surface area contributed by atoms with Crippen LogP contribution < -0.4 is 9.64 Å². The molecule has 8 nitrogen and oxygen atoms in total. The van der Waals surface area contributed by atoms with Gasteiger partial charge in [0, 0.05) is 24.8 Å². The van der Waals surface area contributed by atoms with Crippen LogP contribution in [0.1, 0.15) is 13.8 Å². The van der Waals surface area contributed by atoms with Gasteiger partial charge in [0.15, 0.2) is 12.0 Å². The number of anilines is 1. The molecule has 2 aromatic heterocycles. The lowest BCUT2D eigenvalue weighted by Crippen LogP contribution is -2.36. The molecule has 0 bridgehead atoms. The molecule has 3 saturated heterocycles. The van der Waals surface area contributed by atoms with E-state index >= 15 is 8.78 Å². The maximum absolute atomic E-state index is 15.1. The number of nitrogens with one attached hydrogen (secondary N) is 1. The lowest BCUT2D eigenvalue weighted by atomic mass is 10.1. The molecule has 194 valence electrons. The average molecular weight is 524 g/mol. The summed E-state index contributed by atoms with van der Waals surface area (Å²) < 4.78 is 52.6. The van der Waals surface area contributed by atoms with Crippen molar-refractivity contribution in [2.45, 2.75) is 38.3 Å². The number of aromatic amines is 1. The second-order valence-electron chi connectivity index (χ2n) is 8.59. The summed E-state index contributed by atoms with van der Waals surface area (Å²) in [4.78, 5) is 9.36. The van der Waals surface area contributed by atoms with Gasteiger partial charge < -0.3 is 33.9 Å². The van der Waals surface area contributed by atoms with Crippen molar-refractivity contribution in [2.75, 3.05) is 44.4 Å². The van der Waals surface area contributed by atoms with Crippen molar-refractivity contribution in [1.82, 2.24) is 9.97 Å². The molecule has 36 heavy (non-hydrogen) atoms. The zero-order chi connectivity index (χ0) is 25.4. The standard InChI is InChI=1S/C23H22ClF2N3O5.C2H6/c24-12-7-15-16(8-19(27-15)34-18-10-33-22-17(30)9-32-23(18)22)28-21(12)20-13(25)5-11(6-14(20)26)29-1-3-31-4-2-29;1-2/h5-8,17-18,22-23,27,30H,1-4,9-10H2;1-2H3/t17-,18-,22-,23?;/m1./s1. The molecule has 11 heteroatoms. The van der Waals surface area contributed by atoms with Crippen molar-refractivity contribution >= 4 is 28.3 Å². The third kappa shape index (κ3) is 4.64. The van der Waals surface area contributed by atoms with Crippen LogP contribution in [0.4, 0.5) is 14.5 Å². The zero-order valence-corrected chi connectivity index (χ0v) is 20.7. The van der Waals surface area contributed by atoms with Gasteiger partial charge in [-0.15, -0.1) is 0 Å². The largest absolute Gasteiger partial charge is 0.470 e. The van der Waals surface area contributed by atoms with Crippen molar-refractivity contribution in [2.24, 2.45) is 0 Å². The normalized spacial score (nSPS) is 25.6. The highest BCUT2D eigenvalue weighted by Crippen LogP contribution is 2.36. The summed E-state index contributed by atoms with van der Waals surface area (Å²) in [5, 5.41) is 10.00. The van der Waals surface area contributed by atoms with Gasteiger partial charge in [-0.3, -0.25) is 0 Å². The monoisotopic (exact) mass is 523 g/mol. The number of hydrogen-bond donors (Lipinski definition) is 2. The van der Waals surface area contributed by atoms with Crippen LogP contribution in [0.25, 0.3) is 22.3 Å². The minimum Gasteiger partial charge on any atom is -0.470 e. The van der Waals surface area contributed by atoms with Crippen LogP contribution in [0.15, 0.2) is 24.3 Å². The van der Waals surface area contributed by atoms with Crippen molar-refractivity contribution in [3.63, 3.8) is 0 Å². The van der Waals surface area contributed by atoms with Gasteiger partial charge in [0.2, 0.25) is 0 Å². The quantitative estimate of drug-likeness (QED) is 0.535. The van der Waals surface area contributed by atoms with Crippen LogP contribution in [0.2, 0.25) is 5.02 Å². The minimum absolute atomic E-state index is 0.00903. The lowest BCUT2D eigenvalue weighted by molar-refractivity contribution is 0.00794. The molecule has 0 amide bonds. The van der Waals surface area contributed by atoms with E-state index < -0.39 is 29.9 Å². The summed E-state index contributed by atoms with van der Waals surface area (Å²) in [5.74, 6) is -1.10. The number of aromatic nitrogens is 2. The van der Waals surface area contributed by atoms with Gasteiger partial charge in [0.05, 0.1) is 53.7 Å². The molecular formula is C25H28ClF2N3O5. The number of aliphatic hydroxyl groups excluding tert-OH is 1. The first-order valence-electron chi connectivity index (χ1n) is 12.1. The summed E-state index contributed by atoms with van der Waals surface area (Å²) in [6, 6.07) is 5.78. The zero-order valence-electron chi connectivity index (χ0n) is 20.0. The molecular weight excluding hydrogens is 496 g/mol. The topological polar surface area (TPSA) is 89.1 Å². The fourth-order valence-electron chi connectivity index (χ4n) is 4.74. The van der Waals surface area contributed by atoms with Gasteiger partial charge in [-0.2, -0.15) is 0 Å². The highest BCUT2D eigenvalue weighted by molar-refractivity contribution is 6.33.